The SMILES string of the molecule is CCSC[C@@H](C)CC(=O)c1ccc(/C(F)=C/C(c2cc(Cl)c(F)c(Cl)c2)C(F)(F)F)cc1C(F)(F)F. The maximum Gasteiger partial charge on any atom is 0.417 e. The third-order valence-corrected chi connectivity index (χ3v) is 6.84. The highest BCUT2D eigenvalue weighted by atomic mass is 35.5. The van der Waals surface area contributed by atoms with Gasteiger partial charge in [-0.25, -0.2) is 8.78 Å². The average molecular weight is 579 g/mol. The predicted octanol–water partition coefficient (Wildman–Crippen LogP) is 9.77. The molecule has 2 aromatic carbocycles. The van der Waals surface area contributed by atoms with Gasteiger partial charge in [-0.05, 0) is 47.3 Å². The van der Waals surface area contributed by atoms with Crippen molar-refractivity contribution in [2.75, 3.05) is 11.5 Å². The van der Waals surface area contributed by atoms with Gasteiger partial charge >= 0.3 is 12.4 Å². The van der Waals surface area contributed by atoms with Gasteiger partial charge < -0.3 is 0 Å². The largest absolute Gasteiger partial charge is 0.417 e. The van der Waals surface area contributed by atoms with Crippen LogP contribution in [0.25, 0.3) is 5.83 Å². The first kappa shape index (κ1) is 30.4. The van der Waals surface area contributed by atoms with E-state index in [2.05, 4.69) is 0 Å². The van der Waals surface area contributed by atoms with Crippen molar-refractivity contribution in [2.45, 2.75) is 38.5 Å². The molecular weight excluding hydrogens is 559 g/mol. The molecule has 0 saturated carbocycles. The fourth-order valence-electron chi connectivity index (χ4n) is 3.35. The standard InChI is InChI=1S/C24H20Cl2F8OS/c1-3-36-11-12(2)6-21(35)15-5-4-13(7-17(15)24(32,33)34)20(27)10-16(23(29,30)31)14-8-18(25)22(28)19(26)9-14/h4-5,7-10,12,16H,3,6,11H2,1-2H3/b20-10-/t12-,16?/m0/s1. The Kier molecular flexibility index (Phi) is 10.3. The van der Waals surface area contributed by atoms with Gasteiger partial charge in [0.15, 0.2) is 11.6 Å². The number of Topliss-reactive ketones (excluding diaryl/α,β-unsaturated/α-hetero) is 1. The molecule has 0 saturated heterocycles. The summed E-state index contributed by atoms with van der Waals surface area (Å²) in [6.07, 6.45) is -10.3. The quantitative estimate of drug-likeness (QED) is 0.167. The van der Waals surface area contributed by atoms with Crippen molar-refractivity contribution in [1.82, 2.24) is 0 Å². The van der Waals surface area contributed by atoms with E-state index in [9.17, 15) is 39.9 Å². The van der Waals surface area contributed by atoms with E-state index in [0.717, 1.165) is 17.9 Å². The van der Waals surface area contributed by atoms with Crippen LogP contribution in [0.3, 0.4) is 0 Å². The topological polar surface area (TPSA) is 17.1 Å². The lowest BCUT2D eigenvalue weighted by molar-refractivity contribution is -0.140. The summed E-state index contributed by atoms with van der Waals surface area (Å²) in [7, 11) is 0. The summed E-state index contributed by atoms with van der Waals surface area (Å²) in [5, 5.41) is -1.48. The number of thioether (sulfide) groups is 1. The lowest BCUT2D eigenvalue weighted by Crippen LogP contribution is -2.19. The molecule has 0 aliphatic carbocycles. The van der Waals surface area contributed by atoms with Gasteiger partial charge in [-0.2, -0.15) is 38.1 Å². The van der Waals surface area contributed by atoms with Gasteiger partial charge in [-0.1, -0.05) is 49.2 Å². The van der Waals surface area contributed by atoms with Crippen molar-refractivity contribution < 1.29 is 39.9 Å². The fourth-order valence-corrected chi connectivity index (χ4v) is 4.61. The number of allylic oxidation sites excluding steroid dienone is 1. The summed E-state index contributed by atoms with van der Waals surface area (Å²) in [5.41, 5.74) is -3.69. The minimum atomic E-state index is -5.11. The summed E-state index contributed by atoms with van der Waals surface area (Å²) in [6, 6.07) is 3.05. The van der Waals surface area contributed by atoms with E-state index in [1.807, 2.05) is 6.92 Å². The van der Waals surface area contributed by atoms with Crippen molar-refractivity contribution in [1.29, 1.82) is 0 Å². The number of hydrogen-bond acceptors (Lipinski definition) is 2. The number of carbonyl (C=O) groups excluding carboxylic acids is 1. The Morgan fingerprint density at radius 2 is 1.64 bits per heavy atom. The zero-order valence-electron chi connectivity index (χ0n) is 18.8. The Hall–Kier alpha value is -1.78. The Labute approximate surface area is 216 Å². The fraction of sp³-hybridized carbons (Fsp3) is 0.375. The molecule has 0 spiro atoms. The zero-order chi connectivity index (χ0) is 27.4. The van der Waals surface area contributed by atoms with Crippen LogP contribution in [0.2, 0.25) is 10.0 Å². The Morgan fingerprint density at radius 1 is 1.06 bits per heavy atom. The first-order chi connectivity index (χ1) is 16.6. The molecule has 0 bridgehead atoms. The van der Waals surface area contributed by atoms with Crippen LogP contribution in [0, 0.1) is 11.7 Å². The predicted molar refractivity (Wildman–Crippen MR) is 127 cm³/mol. The molecule has 0 heterocycles. The highest BCUT2D eigenvalue weighted by molar-refractivity contribution is 7.99. The Morgan fingerprint density at radius 3 is 2.14 bits per heavy atom. The van der Waals surface area contributed by atoms with Gasteiger partial charge in [-0.15, -0.1) is 0 Å². The number of hydrogen-bond donors (Lipinski definition) is 0. The normalized spacial score (nSPS) is 14.6. The lowest BCUT2D eigenvalue weighted by Gasteiger charge is -2.19. The molecule has 1 nitrogen and oxygen atoms in total. The number of ketones is 1. The monoisotopic (exact) mass is 578 g/mol. The minimum absolute atomic E-state index is 0.0426. The number of benzene rings is 2. The van der Waals surface area contributed by atoms with Crippen LogP contribution in [-0.2, 0) is 6.18 Å². The maximum absolute atomic E-state index is 14.9. The summed E-state index contributed by atoms with van der Waals surface area (Å²) in [6.45, 7) is 3.60. The third-order valence-electron chi connectivity index (χ3n) is 5.07. The highest BCUT2D eigenvalue weighted by Gasteiger charge is 2.41. The van der Waals surface area contributed by atoms with Gasteiger partial charge in [0.25, 0.3) is 0 Å². The van der Waals surface area contributed by atoms with E-state index >= 15 is 0 Å². The second-order valence-electron chi connectivity index (χ2n) is 7.98. The first-order valence-electron chi connectivity index (χ1n) is 10.5. The lowest BCUT2D eigenvalue weighted by atomic mass is 9.93. The molecule has 0 aliphatic rings. The second kappa shape index (κ2) is 12.2. The Bertz CT molecular complexity index is 1110. The third kappa shape index (κ3) is 7.86. The molecule has 0 N–H and O–H groups in total. The van der Waals surface area contributed by atoms with Gasteiger partial charge in [0, 0.05) is 17.5 Å². The highest BCUT2D eigenvalue weighted by Crippen LogP contribution is 2.41. The van der Waals surface area contributed by atoms with E-state index < -0.39 is 68.0 Å². The molecule has 0 aromatic heterocycles. The molecule has 2 rings (SSSR count). The average Bonchev–Trinajstić information content (AvgIpc) is 2.77. The van der Waals surface area contributed by atoms with Crippen LogP contribution in [-0.4, -0.2) is 23.5 Å². The van der Waals surface area contributed by atoms with Crippen molar-refractivity contribution in [3.63, 3.8) is 0 Å². The van der Waals surface area contributed by atoms with Gasteiger partial charge in [0.1, 0.15) is 11.7 Å². The summed E-state index contributed by atoms with van der Waals surface area (Å²) in [5.74, 6) is -5.22. The van der Waals surface area contributed by atoms with Gasteiger partial charge in [0.05, 0.1) is 15.6 Å². The van der Waals surface area contributed by atoms with E-state index in [0.29, 0.717) is 24.0 Å². The van der Waals surface area contributed by atoms with Crippen molar-refractivity contribution >= 4 is 46.6 Å². The summed E-state index contributed by atoms with van der Waals surface area (Å²) < 4.78 is 111. The molecule has 0 aliphatic heterocycles. The van der Waals surface area contributed by atoms with Crippen molar-refractivity contribution in [3.8, 4) is 0 Å². The van der Waals surface area contributed by atoms with Crippen LogP contribution in [0.1, 0.15) is 53.2 Å². The molecule has 2 atom stereocenters. The van der Waals surface area contributed by atoms with E-state index in [-0.39, 0.29) is 18.4 Å². The van der Waals surface area contributed by atoms with Crippen LogP contribution in [0.15, 0.2) is 36.4 Å². The molecular formula is C24H20Cl2F8OS. The van der Waals surface area contributed by atoms with Crippen LogP contribution < -0.4 is 0 Å². The minimum Gasteiger partial charge on any atom is -0.294 e. The van der Waals surface area contributed by atoms with Crippen molar-refractivity contribution in [3.05, 3.63) is 74.5 Å². The molecule has 1 unspecified atom stereocenters. The molecule has 0 fully saturated rings. The number of halogens is 10. The number of alkyl halides is 6. The van der Waals surface area contributed by atoms with Crippen LogP contribution >= 0.6 is 35.0 Å². The van der Waals surface area contributed by atoms with Crippen molar-refractivity contribution in [2.24, 2.45) is 5.92 Å². The number of rotatable bonds is 9. The smallest absolute Gasteiger partial charge is 0.294 e. The van der Waals surface area contributed by atoms with E-state index in [4.69, 9.17) is 23.2 Å². The molecule has 0 radical (unpaired) electrons. The van der Waals surface area contributed by atoms with Gasteiger partial charge in [0.2, 0.25) is 0 Å². The van der Waals surface area contributed by atoms with E-state index in [1.165, 1.54) is 11.8 Å². The zero-order valence-corrected chi connectivity index (χ0v) is 21.2. The van der Waals surface area contributed by atoms with Crippen LogP contribution in [0.4, 0.5) is 35.1 Å². The summed E-state index contributed by atoms with van der Waals surface area (Å²) >= 11 is 12.6. The van der Waals surface area contributed by atoms with E-state index in [1.54, 1.807) is 6.92 Å². The molecule has 2 aromatic rings. The first-order valence-corrected chi connectivity index (χ1v) is 12.4. The van der Waals surface area contributed by atoms with Gasteiger partial charge in [-0.3, -0.25) is 4.79 Å². The number of carbonyl (C=O) groups is 1. The Balaban J connectivity index is 2.51. The summed E-state index contributed by atoms with van der Waals surface area (Å²) in [4.78, 5) is 12.5. The molecule has 12 heteroatoms. The molecule has 36 heavy (non-hydrogen) atoms. The van der Waals surface area contributed by atoms with Crippen LogP contribution in [0.5, 0.6) is 0 Å². The molecule has 198 valence electrons. The second-order valence-corrected chi connectivity index (χ2v) is 10.1. The maximum atomic E-state index is 14.9. The molecule has 0 amide bonds.